The monoisotopic (exact) mass is 330 g/mol. The van der Waals surface area contributed by atoms with E-state index in [2.05, 4.69) is 58.0 Å². The average Bonchev–Trinajstić information content (AvgIpc) is 2.38. The number of anilines is 1. The predicted molar refractivity (Wildman–Crippen MR) is 82.6 cm³/mol. The number of benzene rings is 1. The molecule has 0 spiro atoms. The number of hydrogen-bond acceptors (Lipinski definition) is 2. The van der Waals surface area contributed by atoms with Gasteiger partial charge in [-0.15, -0.1) is 11.6 Å². The molecule has 1 atom stereocenters. The fourth-order valence-electron chi connectivity index (χ4n) is 2.56. The van der Waals surface area contributed by atoms with Crippen molar-refractivity contribution in [1.82, 2.24) is 4.90 Å². The van der Waals surface area contributed by atoms with Crippen LogP contribution in [0.5, 0.6) is 0 Å². The largest absolute Gasteiger partial charge is 0.370 e. The fraction of sp³-hybridized carbons (Fsp3) is 0.571. The molecule has 0 radical (unpaired) electrons. The summed E-state index contributed by atoms with van der Waals surface area (Å²) in [6, 6.07) is 7.05. The zero-order valence-electron chi connectivity index (χ0n) is 11.0. The summed E-state index contributed by atoms with van der Waals surface area (Å²) < 4.78 is 1.10. The third kappa shape index (κ3) is 3.19. The number of halogens is 2. The Hall–Kier alpha value is -0.250. The molecule has 0 amide bonds. The molecule has 1 heterocycles. The summed E-state index contributed by atoms with van der Waals surface area (Å²) in [4.78, 5) is 4.80. The van der Waals surface area contributed by atoms with Crippen LogP contribution in [0.2, 0.25) is 0 Å². The first-order valence-corrected chi connectivity index (χ1v) is 7.70. The molecule has 4 heteroatoms. The highest BCUT2D eigenvalue weighted by atomic mass is 79.9. The Morgan fingerprint density at radius 3 is 2.89 bits per heavy atom. The molecule has 1 aliphatic heterocycles. The molecule has 1 saturated heterocycles. The number of rotatable bonds is 3. The lowest BCUT2D eigenvalue weighted by atomic mass is 10.0. The summed E-state index contributed by atoms with van der Waals surface area (Å²) in [5.74, 6) is 0.567. The van der Waals surface area contributed by atoms with Gasteiger partial charge in [-0.25, -0.2) is 0 Å². The Balaban J connectivity index is 2.20. The van der Waals surface area contributed by atoms with Gasteiger partial charge in [0.05, 0.1) is 0 Å². The number of alkyl halides is 1. The first-order valence-electron chi connectivity index (χ1n) is 6.37. The van der Waals surface area contributed by atoms with E-state index < -0.39 is 0 Å². The number of likely N-dealkylation sites (N-methyl/N-ethyl adjacent to an activating group) is 1. The van der Waals surface area contributed by atoms with Gasteiger partial charge in [0.25, 0.3) is 0 Å². The molecule has 0 N–H and O–H groups in total. The second-order valence-corrected chi connectivity index (χ2v) is 6.30. The number of nitrogens with zero attached hydrogens (tertiary/aromatic N) is 2. The van der Waals surface area contributed by atoms with E-state index in [1.165, 1.54) is 24.1 Å². The van der Waals surface area contributed by atoms with Crippen LogP contribution in [0.1, 0.15) is 18.4 Å². The lowest BCUT2D eigenvalue weighted by Crippen LogP contribution is -2.45. The van der Waals surface area contributed by atoms with Crippen molar-refractivity contribution < 1.29 is 0 Å². The zero-order chi connectivity index (χ0) is 13.1. The van der Waals surface area contributed by atoms with Crippen LogP contribution in [0, 0.1) is 0 Å². The molecule has 0 aromatic heterocycles. The molecule has 100 valence electrons. The first kappa shape index (κ1) is 14.2. The Morgan fingerprint density at radius 1 is 1.44 bits per heavy atom. The second kappa shape index (κ2) is 6.27. The van der Waals surface area contributed by atoms with E-state index in [0.717, 1.165) is 17.6 Å². The maximum atomic E-state index is 6.06. The highest BCUT2D eigenvalue weighted by Gasteiger charge is 2.22. The van der Waals surface area contributed by atoms with Gasteiger partial charge in [-0.1, -0.05) is 15.9 Å². The van der Waals surface area contributed by atoms with Crippen molar-refractivity contribution in [3.8, 4) is 0 Å². The second-order valence-electron chi connectivity index (χ2n) is 5.11. The number of hydrogen-bond donors (Lipinski definition) is 0. The molecular formula is C14H20BrClN2. The predicted octanol–water partition coefficient (Wildman–Crippen LogP) is 3.72. The van der Waals surface area contributed by atoms with Crippen LogP contribution in [-0.2, 0) is 5.88 Å². The fourth-order valence-corrected chi connectivity index (χ4v) is 3.19. The summed E-state index contributed by atoms with van der Waals surface area (Å²) >= 11 is 9.58. The van der Waals surface area contributed by atoms with Crippen molar-refractivity contribution >= 4 is 33.2 Å². The summed E-state index contributed by atoms with van der Waals surface area (Å²) in [5.41, 5.74) is 2.50. The van der Waals surface area contributed by atoms with E-state index in [1.807, 2.05) is 0 Å². The smallest absolute Gasteiger partial charge is 0.0494 e. The minimum Gasteiger partial charge on any atom is -0.370 e. The van der Waals surface area contributed by atoms with Gasteiger partial charge in [-0.05, 0) is 50.7 Å². The minimum absolute atomic E-state index is 0.567. The summed E-state index contributed by atoms with van der Waals surface area (Å²) in [5, 5.41) is 0. The van der Waals surface area contributed by atoms with Gasteiger partial charge in [0.1, 0.15) is 0 Å². The molecule has 1 aromatic carbocycles. The molecule has 0 aliphatic carbocycles. The van der Waals surface area contributed by atoms with Crippen molar-refractivity contribution in [3.05, 3.63) is 28.2 Å². The lowest BCUT2D eigenvalue weighted by molar-refractivity contribution is 0.258. The van der Waals surface area contributed by atoms with Gasteiger partial charge in [-0.3, -0.25) is 0 Å². The molecule has 0 saturated carbocycles. The van der Waals surface area contributed by atoms with Crippen LogP contribution in [0.15, 0.2) is 22.7 Å². The number of piperidine rings is 1. The van der Waals surface area contributed by atoms with E-state index in [1.54, 1.807) is 0 Å². The Morgan fingerprint density at radius 2 is 2.22 bits per heavy atom. The highest BCUT2D eigenvalue weighted by molar-refractivity contribution is 9.10. The molecule has 18 heavy (non-hydrogen) atoms. The maximum Gasteiger partial charge on any atom is 0.0494 e. The van der Waals surface area contributed by atoms with Gasteiger partial charge in [0, 0.05) is 35.2 Å². The van der Waals surface area contributed by atoms with Crippen LogP contribution in [0.3, 0.4) is 0 Å². The van der Waals surface area contributed by atoms with E-state index in [0.29, 0.717) is 11.9 Å². The molecular weight excluding hydrogens is 312 g/mol. The Bertz CT molecular complexity index is 409. The van der Waals surface area contributed by atoms with Gasteiger partial charge < -0.3 is 9.80 Å². The maximum absolute atomic E-state index is 6.06. The standard InChI is InChI=1S/C14H20BrClN2/c1-17(2)13-4-3-7-18(10-13)14-6-5-12(15)8-11(14)9-16/h5-6,8,13H,3-4,7,9-10H2,1-2H3. The molecule has 2 nitrogen and oxygen atoms in total. The van der Waals surface area contributed by atoms with Crippen molar-refractivity contribution in [2.24, 2.45) is 0 Å². The van der Waals surface area contributed by atoms with Crippen LogP contribution in [0.4, 0.5) is 5.69 Å². The molecule has 1 aliphatic rings. The third-order valence-electron chi connectivity index (χ3n) is 3.65. The van der Waals surface area contributed by atoms with E-state index in [9.17, 15) is 0 Å². The van der Waals surface area contributed by atoms with E-state index in [-0.39, 0.29) is 0 Å². The summed E-state index contributed by atoms with van der Waals surface area (Å²) in [7, 11) is 4.33. The lowest BCUT2D eigenvalue weighted by Gasteiger charge is -2.38. The van der Waals surface area contributed by atoms with Crippen molar-refractivity contribution in [2.45, 2.75) is 24.8 Å². The van der Waals surface area contributed by atoms with Crippen LogP contribution >= 0.6 is 27.5 Å². The first-order chi connectivity index (χ1) is 8.61. The van der Waals surface area contributed by atoms with Crippen LogP contribution < -0.4 is 4.90 Å². The van der Waals surface area contributed by atoms with Gasteiger partial charge >= 0.3 is 0 Å². The van der Waals surface area contributed by atoms with Crippen molar-refractivity contribution in [2.75, 3.05) is 32.1 Å². The average molecular weight is 332 g/mol. The molecule has 1 aromatic rings. The SMILES string of the molecule is CN(C)C1CCCN(c2ccc(Br)cc2CCl)C1. The Labute approximate surface area is 123 Å². The van der Waals surface area contributed by atoms with Gasteiger partial charge in [0.15, 0.2) is 0 Å². The zero-order valence-corrected chi connectivity index (χ0v) is 13.3. The summed E-state index contributed by atoms with van der Waals surface area (Å²) in [6.07, 6.45) is 2.54. The Kier molecular flexibility index (Phi) is 4.93. The third-order valence-corrected chi connectivity index (χ3v) is 4.43. The van der Waals surface area contributed by atoms with Crippen LogP contribution in [-0.4, -0.2) is 38.1 Å². The van der Waals surface area contributed by atoms with Gasteiger partial charge in [0.2, 0.25) is 0 Å². The highest BCUT2D eigenvalue weighted by Crippen LogP contribution is 2.29. The van der Waals surface area contributed by atoms with Crippen LogP contribution in [0.25, 0.3) is 0 Å². The van der Waals surface area contributed by atoms with Crippen molar-refractivity contribution in [3.63, 3.8) is 0 Å². The quantitative estimate of drug-likeness (QED) is 0.779. The molecule has 1 unspecified atom stereocenters. The minimum atomic E-state index is 0.567. The van der Waals surface area contributed by atoms with Gasteiger partial charge in [-0.2, -0.15) is 0 Å². The summed E-state index contributed by atoms with van der Waals surface area (Å²) in [6.45, 7) is 2.23. The normalized spacial score (nSPS) is 20.5. The van der Waals surface area contributed by atoms with E-state index >= 15 is 0 Å². The van der Waals surface area contributed by atoms with Crippen molar-refractivity contribution in [1.29, 1.82) is 0 Å². The molecule has 2 rings (SSSR count). The molecule has 0 bridgehead atoms. The topological polar surface area (TPSA) is 6.48 Å². The van der Waals surface area contributed by atoms with E-state index in [4.69, 9.17) is 11.6 Å². The molecule has 1 fully saturated rings.